The van der Waals surface area contributed by atoms with Crippen molar-refractivity contribution in [2.75, 3.05) is 13.7 Å². The Labute approximate surface area is 163 Å². The zero-order chi connectivity index (χ0) is 20.0. The predicted molar refractivity (Wildman–Crippen MR) is 110 cm³/mol. The number of hydrogen-bond donors (Lipinski definition) is 1. The number of nitrogens with one attached hydrogen (secondary N) is 1. The summed E-state index contributed by atoms with van der Waals surface area (Å²) in [5.74, 6) is 0.970. The van der Waals surface area contributed by atoms with Gasteiger partial charge in [-0.1, -0.05) is 26.0 Å². The number of methoxy groups -OCH3 is 1. The second-order valence-corrected chi connectivity index (χ2v) is 8.17. The molecular weight excluding hydrogens is 338 g/mol. The van der Waals surface area contributed by atoms with E-state index in [-0.39, 0.29) is 17.5 Å². The number of carbonyl (C=O) groups excluding carboxylic acids is 1. The normalized spacial score (nSPS) is 11.7. The molecular formula is C22H33N3O2. The summed E-state index contributed by atoms with van der Waals surface area (Å²) in [6, 6.07) is 12.5. The van der Waals surface area contributed by atoms with Crippen LogP contribution in [0.4, 0.5) is 0 Å². The van der Waals surface area contributed by atoms with Crippen LogP contribution in [0.1, 0.15) is 45.9 Å². The number of amides is 1. The van der Waals surface area contributed by atoms with Gasteiger partial charge in [0, 0.05) is 30.0 Å². The molecule has 1 heterocycles. The van der Waals surface area contributed by atoms with Crippen LogP contribution in [0.2, 0.25) is 0 Å². The van der Waals surface area contributed by atoms with Crippen molar-refractivity contribution in [3.8, 4) is 5.75 Å². The first-order chi connectivity index (χ1) is 12.7. The molecule has 0 spiro atoms. The van der Waals surface area contributed by atoms with Gasteiger partial charge in [-0.2, -0.15) is 0 Å². The minimum Gasteiger partial charge on any atom is -0.497 e. The summed E-state index contributed by atoms with van der Waals surface area (Å²) in [4.78, 5) is 14.8. The fourth-order valence-electron chi connectivity index (χ4n) is 2.96. The third-order valence-corrected chi connectivity index (χ3v) is 4.50. The fourth-order valence-corrected chi connectivity index (χ4v) is 2.96. The van der Waals surface area contributed by atoms with Gasteiger partial charge in [-0.25, -0.2) is 0 Å². The molecule has 0 radical (unpaired) electrons. The van der Waals surface area contributed by atoms with Crippen molar-refractivity contribution in [1.29, 1.82) is 0 Å². The maximum atomic E-state index is 12.8. The molecule has 1 aromatic carbocycles. The fraction of sp³-hybridized carbons (Fsp3) is 0.500. The molecule has 0 aliphatic heterocycles. The van der Waals surface area contributed by atoms with E-state index in [1.807, 2.05) is 43.0 Å². The first-order valence-electron chi connectivity index (χ1n) is 9.51. The van der Waals surface area contributed by atoms with Crippen molar-refractivity contribution in [1.82, 2.24) is 14.8 Å². The molecule has 27 heavy (non-hydrogen) atoms. The van der Waals surface area contributed by atoms with Gasteiger partial charge in [-0.05, 0) is 50.6 Å². The van der Waals surface area contributed by atoms with Crippen LogP contribution in [0, 0.1) is 0 Å². The lowest BCUT2D eigenvalue weighted by Crippen LogP contribution is -2.49. The second-order valence-electron chi connectivity index (χ2n) is 8.17. The van der Waals surface area contributed by atoms with Crippen molar-refractivity contribution < 1.29 is 9.53 Å². The number of benzene rings is 1. The first kappa shape index (κ1) is 21.0. The van der Waals surface area contributed by atoms with Crippen LogP contribution in [0.3, 0.4) is 0 Å². The molecule has 0 atom stereocenters. The van der Waals surface area contributed by atoms with Crippen molar-refractivity contribution in [3.63, 3.8) is 0 Å². The lowest BCUT2D eigenvalue weighted by atomic mass is 10.1. The zero-order valence-electron chi connectivity index (χ0n) is 17.5. The summed E-state index contributed by atoms with van der Waals surface area (Å²) in [6.07, 6.45) is 2.06. The van der Waals surface area contributed by atoms with E-state index in [0.29, 0.717) is 13.1 Å². The van der Waals surface area contributed by atoms with Crippen LogP contribution >= 0.6 is 0 Å². The molecule has 0 aliphatic rings. The topological polar surface area (TPSA) is 46.5 Å². The summed E-state index contributed by atoms with van der Waals surface area (Å²) >= 11 is 0. The van der Waals surface area contributed by atoms with Gasteiger partial charge in [-0.3, -0.25) is 4.79 Å². The number of rotatable bonds is 8. The highest BCUT2D eigenvalue weighted by atomic mass is 16.5. The molecule has 0 unspecified atom stereocenters. The Bertz CT molecular complexity index is 744. The Morgan fingerprint density at radius 3 is 2.59 bits per heavy atom. The molecule has 5 nitrogen and oxygen atoms in total. The SMILES string of the molecule is COc1cccc(Cn2cccc2CN(C(=O)CNC(C)C)C(C)(C)C)c1. The van der Waals surface area contributed by atoms with Gasteiger partial charge in [0.2, 0.25) is 5.91 Å². The van der Waals surface area contributed by atoms with Crippen molar-refractivity contribution in [2.45, 2.75) is 59.3 Å². The average molecular weight is 372 g/mol. The minimum absolute atomic E-state index is 0.116. The highest BCUT2D eigenvalue weighted by Crippen LogP contribution is 2.20. The van der Waals surface area contributed by atoms with Crippen LogP contribution in [-0.2, 0) is 17.9 Å². The van der Waals surface area contributed by atoms with E-state index in [1.165, 1.54) is 5.56 Å². The number of nitrogens with zero attached hydrogens (tertiary/aromatic N) is 2. The molecule has 0 saturated heterocycles. The van der Waals surface area contributed by atoms with E-state index in [1.54, 1.807) is 7.11 Å². The van der Waals surface area contributed by atoms with E-state index in [4.69, 9.17) is 4.74 Å². The van der Waals surface area contributed by atoms with Crippen LogP contribution < -0.4 is 10.1 Å². The maximum Gasteiger partial charge on any atom is 0.237 e. The zero-order valence-corrected chi connectivity index (χ0v) is 17.5. The Hall–Kier alpha value is -2.27. The molecule has 0 fully saturated rings. The Morgan fingerprint density at radius 1 is 1.22 bits per heavy atom. The summed E-state index contributed by atoms with van der Waals surface area (Å²) in [5, 5.41) is 3.23. The summed E-state index contributed by atoms with van der Waals surface area (Å²) in [5.41, 5.74) is 2.04. The van der Waals surface area contributed by atoms with E-state index in [9.17, 15) is 4.79 Å². The Balaban J connectivity index is 2.17. The highest BCUT2D eigenvalue weighted by Gasteiger charge is 2.27. The van der Waals surface area contributed by atoms with Gasteiger partial charge in [0.1, 0.15) is 5.75 Å². The number of ether oxygens (including phenoxy) is 1. The van der Waals surface area contributed by atoms with E-state index < -0.39 is 0 Å². The third kappa shape index (κ3) is 6.14. The molecule has 1 aromatic heterocycles. The lowest BCUT2D eigenvalue weighted by molar-refractivity contribution is -0.136. The predicted octanol–water partition coefficient (Wildman–Crippen LogP) is 3.67. The lowest BCUT2D eigenvalue weighted by Gasteiger charge is -2.36. The van der Waals surface area contributed by atoms with Gasteiger partial charge in [-0.15, -0.1) is 0 Å². The summed E-state index contributed by atoms with van der Waals surface area (Å²) < 4.78 is 7.51. The monoisotopic (exact) mass is 371 g/mol. The molecule has 2 rings (SSSR count). The van der Waals surface area contributed by atoms with Gasteiger partial charge in [0.25, 0.3) is 0 Å². The molecule has 148 valence electrons. The number of carbonyl (C=O) groups is 1. The van der Waals surface area contributed by atoms with Crippen molar-refractivity contribution in [3.05, 3.63) is 53.9 Å². The van der Waals surface area contributed by atoms with Crippen LogP contribution in [-0.4, -0.2) is 40.6 Å². The van der Waals surface area contributed by atoms with E-state index in [2.05, 4.69) is 49.0 Å². The molecule has 1 N–H and O–H groups in total. The minimum atomic E-state index is -0.249. The van der Waals surface area contributed by atoms with Crippen LogP contribution in [0.25, 0.3) is 0 Å². The summed E-state index contributed by atoms with van der Waals surface area (Å²) in [6.45, 7) is 12.0. The Morgan fingerprint density at radius 2 is 1.96 bits per heavy atom. The van der Waals surface area contributed by atoms with Gasteiger partial charge in [0.15, 0.2) is 0 Å². The van der Waals surface area contributed by atoms with E-state index >= 15 is 0 Å². The molecule has 0 bridgehead atoms. The molecule has 5 heteroatoms. The first-order valence-corrected chi connectivity index (χ1v) is 9.51. The molecule has 0 saturated carbocycles. The van der Waals surface area contributed by atoms with E-state index in [0.717, 1.165) is 18.0 Å². The highest BCUT2D eigenvalue weighted by molar-refractivity contribution is 5.79. The number of hydrogen-bond acceptors (Lipinski definition) is 3. The van der Waals surface area contributed by atoms with Crippen molar-refractivity contribution in [2.24, 2.45) is 0 Å². The van der Waals surface area contributed by atoms with Crippen molar-refractivity contribution >= 4 is 5.91 Å². The molecule has 0 aliphatic carbocycles. The summed E-state index contributed by atoms with van der Waals surface area (Å²) in [7, 11) is 1.68. The molecule has 2 aromatic rings. The van der Waals surface area contributed by atoms with Crippen LogP contribution in [0.5, 0.6) is 5.75 Å². The van der Waals surface area contributed by atoms with Gasteiger partial charge >= 0.3 is 0 Å². The second kappa shape index (κ2) is 9.09. The standard InChI is InChI=1S/C22H33N3O2/c1-17(2)23-14-21(26)25(22(3,4)5)16-19-10-8-12-24(19)15-18-9-7-11-20(13-18)27-6/h7-13,17,23H,14-16H2,1-6H3. The van der Waals surface area contributed by atoms with Gasteiger partial charge < -0.3 is 19.5 Å². The Kier molecular flexibility index (Phi) is 7.08. The average Bonchev–Trinajstić information content (AvgIpc) is 3.03. The van der Waals surface area contributed by atoms with Gasteiger partial charge in [0.05, 0.1) is 20.2 Å². The smallest absolute Gasteiger partial charge is 0.237 e. The maximum absolute atomic E-state index is 12.8. The third-order valence-electron chi connectivity index (χ3n) is 4.50. The number of aromatic nitrogens is 1. The quantitative estimate of drug-likeness (QED) is 0.770. The molecule has 1 amide bonds. The van der Waals surface area contributed by atoms with Crippen LogP contribution in [0.15, 0.2) is 42.6 Å². The largest absolute Gasteiger partial charge is 0.497 e.